The Morgan fingerprint density at radius 2 is 1.93 bits per heavy atom. The van der Waals surface area contributed by atoms with E-state index in [1.165, 1.54) is 0 Å². The van der Waals surface area contributed by atoms with Crippen LogP contribution in [-0.2, 0) is 0 Å². The first-order valence-electron chi connectivity index (χ1n) is 3.27. The molecule has 2 nitrogen and oxygen atoms in total. The number of carbonyl (C=O) groups is 1. The summed E-state index contributed by atoms with van der Waals surface area (Å²) in [5.74, 6) is 0. The number of aromatic nitrogens is 1. The molecule has 76 valence electrons. The lowest BCUT2D eigenvalue weighted by molar-refractivity contribution is 0.107. The maximum absolute atomic E-state index is 12.2. The maximum Gasteiger partial charge on any atom is 0.272 e. The lowest BCUT2D eigenvalue weighted by atomic mass is 10.2. The van der Waals surface area contributed by atoms with Gasteiger partial charge in [-0.25, -0.2) is 13.8 Å². The number of carbonyl (C=O) groups excluding carboxylic acids is 1. The smallest absolute Gasteiger partial charge is 0.272 e. The van der Waals surface area contributed by atoms with Crippen LogP contribution in [0.3, 0.4) is 0 Å². The van der Waals surface area contributed by atoms with Crippen molar-refractivity contribution in [1.29, 1.82) is 0 Å². The van der Waals surface area contributed by atoms with Crippen molar-refractivity contribution in [1.82, 2.24) is 4.98 Å². The summed E-state index contributed by atoms with van der Waals surface area (Å²) in [6, 6.07) is 0. The van der Waals surface area contributed by atoms with E-state index in [0.29, 0.717) is 0 Å². The predicted octanol–water partition coefficient (Wildman–Crippen LogP) is 3.71. The van der Waals surface area contributed by atoms with Gasteiger partial charge in [0.1, 0.15) is 5.69 Å². The van der Waals surface area contributed by atoms with E-state index in [2.05, 4.69) is 4.98 Å². The van der Waals surface area contributed by atoms with Crippen molar-refractivity contribution in [3.8, 4) is 0 Å². The Bertz CT molecular complexity index is 383. The highest BCUT2D eigenvalue weighted by atomic mass is 35.5. The third-order valence-corrected chi connectivity index (χ3v) is 2.46. The van der Waals surface area contributed by atoms with Gasteiger partial charge in [-0.05, 0) is 11.6 Å². The van der Waals surface area contributed by atoms with Crippen molar-refractivity contribution < 1.29 is 13.6 Å². The molecule has 0 atom stereocenters. The van der Waals surface area contributed by atoms with Crippen LogP contribution in [-0.4, -0.2) is 10.2 Å². The van der Waals surface area contributed by atoms with E-state index in [1.54, 1.807) is 0 Å². The second-order valence-electron chi connectivity index (χ2n) is 2.26. The second-order valence-corrected chi connectivity index (χ2v) is 3.36. The summed E-state index contributed by atoms with van der Waals surface area (Å²) in [5.41, 5.74) is -0.860. The van der Waals surface area contributed by atoms with Gasteiger partial charge in [-0.3, -0.25) is 4.79 Å². The van der Waals surface area contributed by atoms with Gasteiger partial charge in [-0.2, -0.15) is 0 Å². The summed E-state index contributed by atoms with van der Waals surface area (Å²) in [4.78, 5) is 14.1. The molecule has 0 unspecified atom stereocenters. The fraction of sp³-hybridized carbons (Fsp3) is 0.143. The summed E-state index contributed by atoms with van der Waals surface area (Å²) < 4.78 is 24.5. The zero-order valence-electron chi connectivity index (χ0n) is 6.40. The van der Waals surface area contributed by atoms with E-state index in [0.717, 1.165) is 6.20 Å². The largest absolute Gasteiger partial charge is 0.274 e. The Kier molecular flexibility index (Phi) is 3.64. The Morgan fingerprint density at radius 1 is 1.36 bits per heavy atom. The van der Waals surface area contributed by atoms with Crippen LogP contribution in [0.5, 0.6) is 0 Å². The maximum atomic E-state index is 12.2. The molecule has 0 radical (unpaired) electrons. The molecule has 0 aromatic carbocycles. The number of pyridine rings is 1. The second kappa shape index (κ2) is 4.38. The van der Waals surface area contributed by atoms with E-state index in [-0.39, 0.29) is 10.7 Å². The molecule has 0 spiro atoms. The van der Waals surface area contributed by atoms with Gasteiger partial charge < -0.3 is 0 Å². The van der Waals surface area contributed by atoms with Gasteiger partial charge in [0.15, 0.2) is 0 Å². The average molecular weight is 260 g/mol. The van der Waals surface area contributed by atoms with Gasteiger partial charge in [0, 0.05) is 6.20 Å². The molecule has 1 rings (SSSR count). The molecular weight excluding hydrogens is 258 g/mol. The Balaban J connectivity index is 3.33. The van der Waals surface area contributed by atoms with Gasteiger partial charge in [0.25, 0.3) is 11.7 Å². The first kappa shape index (κ1) is 11.6. The minimum absolute atomic E-state index is 0.331. The first-order chi connectivity index (χ1) is 6.45. The van der Waals surface area contributed by atoms with Crippen molar-refractivity contribution in [2.75, 3.05) is 0 Å². The molecule has 0 bridgehead atoms. The molecule has 0 aliphatic heterocycles. The number of rotatable bonds is 2. The van der Waals surface area contributed by atoms with Crippen LogP contribution in [0, 0.1) is 0 Å². The quantitative estimate of drug-likeness (QED) is 0.759. The van der Waals surface area contributed by atoms with E-state index < -0.39 is 22.3 Å². The molecule has 0 aliphatic carbocycles. The molecule has 14 heavy (non-hydrogen) atoms. The van der Waals surface area contributed by atoms with Gasteiger partial charge in [-0.15, -0.1) is 0 Å². The molecule has 1 aromatic rings. The summed E-state index contributed by atoms with van der Waals surface area (Å²) in [6.45, 7) is 0. The summed E-state index contributed by atoms with van der Waals surface area (Å²) >= 11 is 16.1. The highest BCUT2D eigenvalue weighted by Gasteiger charge is 2.20. The molecule has 7 heteroatoms. The number of hydrogen-bond donors (Lipinski definition) is 0. The van der Waals surface area contributed by atoms with Crippen LogP contribution < -0.4 is 0 Å². The van der Waals surface area contributed by atoms with Crippen LogP contribution in [0.2, 0.25) is 10.0 Å². The van der Waals surface area contributed by atoms with E-state index >= 15 is 0 Å². The van der Waals surface area contributed by atoms with Gasteiger partial charge in [-0.1, -0.05) is 23.2 Å². The molecule has 0 N–H and O–H groups in total. The van der Waals surface area contributed by atoms with Crippen molar-refractivity contribution in [3.05, 3.63) is 27.5 Å². The Labute approximate surface area is 92.8 Å². The SMILES string of the molecule is O=C(Cl)c1ncc(C(F)F)c(Cl)c1Cl. The lowest BCUT2D eigenvalue weighted by Gasteiger charge is -2.05. The third kappa shape index (κ3) is 2.13. The molecule has 0 amide bonds. The molecule has 0 fully saturated rings. The van der Waals surface area contributed by atoms with Gasteiger partial charge in [0.05, 0.1) is 15.6 Å². The average Bonchev–Trinajstić information content (AvgIpc) is 2.08. The first-order valence-corrected chi connectivity index (χ1v) is 4.40. The predicted molar refractivity (Wildman–Crippen MR) is 49.4 cm³/mol. The number of halogens is 5. The summed E-state index contributed by atoms with van der Waals surface area (Å²) in [7, 11) is 0. The minimum Gasteiger partial charge on any atom is -0.274 e. The number of alkyl halides is 2. The lowest BCUT2D eigenvalue weighted by Crippen LogP contribution is -1.99. The highest BCUT2D eigenvalue weighted by molar-refractivity contribution is 6.68. The Morgan fingerprint density at radius 3 is 2.36 bits per heavy atom. The van der Waals surface area contributed by atoms with Gasteiger partial charge >= 0.3 is 0 Å². The molecule has 0 saturated carbocycles. The van der Waals surface area contributed by atoms with Crippen LogP contribution in [0.15, 0.2) is 6.20 Å². The summed E-state index contributed by atoms with van der Waals surface area (Å²) in [5, 5.41) is -1.71. The topological polar surface area (TPSA) is 30.0 Å². The monoisotopic (exact) mass is 259 g/mol. The number of nitrogens with zero attached hydrogens (tertiary/aromatic N) is 1. The standard InChI is InChI=1S/C7H2Cl3F2NO/c8-3-2(7(11)12)1-13-5(4(3)9)6(10)14/h1,7H. The fourth-order valence-electron chi connectivity index (χ4n) is 0.767. The van der Waals surface area contributed by atoms with Crippen molar-refractivity contribution in [3.63, 3.8) is 0 Å². The number of hydrogen-bond acceptors (Lipinski definition) is 2. The summed E-state index contributed by atoms with van der Waals surface area (Å²) in [6.07, 6.45) is -2.03. The molecule has 1 heterocycles. The molecule has 0 aliphatic rings. The van der Waals surface area contributed by atoms with E-state index in [1.807, 2.05) is 0 Å². The molecule has 0 saturated heterocycles. The van der Waals surface area contributed by atoms with E-state index in [9.17, 15) is 13.6 Å². The van der Waals surface area contributed by atoms with Crippen molar-refractivity contribution >= 4 is 40.0 Å². The Hall–Kier alpha value is -0.450. The zero-order valence-corrected chi connectivity index (χ0v) is 8.67. The van der Waals surface area contributed by atoms with Crippen LogP contribution in [0.25, 0.3) is 0 Å². The zero-order chi connectivity index (χ0) is 10.9. The van der Waals surface area contributed by atoms with Crippen LogP contribution in [0.1, 0.15) is 22.5 Å². The molecule has 1 aromatic heterocycles. The van der Waals surface area contributed by atoms with E-state index in [4.69, 9.17) is 34.8 Å². The fourth-order valence-corrected chi connectivity index (χ4v) is 1.42. The van der Waals surface area contributed by atoms with Crippen LogP contribution in [0.4, 0.5) is 8.78 Å². The molecular formula is C7H2Cl3F2NO. The minimum atomic E-state index is -2.80. The van der Waals surface area contributed by atoms with Gasteiger partial charge in [0.2, 0.25) is 0 Å². The van der Waals surface area contributed by atoms with Crippen molar-refractivity contribution in [2.24, 2.45) is 0 Å². The van der Waals surface area contributed by atoms with Crippen molar-refractivity contribution in [2.45, 2.75) is 6.43 Å². The highest BCUT2D eigenvalue weighted by Crippen LogP contribution is 2.33. The third-order valence-electron chi connectivity index (χ3n) is 1.41. The van der Waals surface area contributed by atoms with Crippen LogP contribution >= 0.6 is 34.8 Å². The normalized spacial score (nSPS) is 10.7.